The maximum atomic E-state index is 3.73. The molecule has 1 heterocycles. The Hall–Kier alpha value is -2.19. The fourth-order valence-electron chi connectivity index (χ4n) is 5.29. The van der Waals surface area contributed by atoms with Gasteiger partial charge in [-0.1, -0.05) is 80.6 Å². The van der Waals surface area contributed by atoms with Gasteiger partial charge in [0, 0.05) is 34.2 Å². The van der Waals surface area contributed by atoms with E-state index >= 15 is 0 Å². The summed E-state index contributed by atoms with van der Waals surface area (Å²) in [7, 11) is 0. The number of hydrogen-bond donors (Lipinski definition) is 1. The van der Waals surface area contributed by atoms with Crippen molar-refractivity contribution in [2.75, 3.05) is 5.32 Å². The molecule has 2 heteroatoms. The molecule has 1 aliphatic heterocycles. The van der Waals surface area contributed by atoms with Crippen LogP contribution in [0.15, 0.2) is 83.8 Å². The lowest BCUT2D eigenvalue weighted by Crippen LogP contribution is -2.16. The number of nitrogens with one attached hydrogen (secondary N) is 1. The van der Waals surface area contributed by atoms with Gasteiger partial charge in [0.2, 0.25) is 0 Å². The number of benzene rings is 3. The van der Waals surface area contributed by atoms with Crippen molar-refractivity contribution in [1.82, 2.24) is 0 Å². The number of hydrogen-bond acceptors (Lipinski definition) is 2. The van der Waals surface area contributed by atoms with Gasteiger partial charge in [0.1, 0.15) is 0 Å². The molecule has 1 N–H and O–H groups in total. The molecular formula is C26H27NS. The first-order valence-electron chi connectivity index (χ1n) is 10.4. The molecule has 0 radical (unpaired) electrons. The van der Waals surface area contributed by atoms with E-state index in [1.165, 1.54) is 21.7 Å². The number of thioether (sulfide) groups is 1. The van der Waals surface area contributed by atoms with Crippen molar-refractivity contribution < 1.29 is 0 Å². The van der Waals surface area contributed by atoms with Crippen molar-refractivity contribution in [1.29, 1.82) is 0 Å². The van der Waals surface area contributed by atoms with Crippen LogP contribution < -0.4 is 5.32 Å². The molecule has 5 unspecified atom stereocenters. The minimum atomic E-state index is 0.580. The second-order valence-corrected chi connectivity index (χ2v) is 9.54. The third-order valence-corrected chi connectivity index (χ3v) is 8.34. The van der Waals surface area contributed by atoms with Gasteiger partial charge in [0.25, 0.3) is 0 Å². The number of para-hydroxylation sites is 1. The standard InChI is InChI=1S/C26H27NS/c1-17-18(2)25-21-13-7-9-15-23(21)28-26(25)24(17)20-12-6-8-14-22(20)27-16-19-10-4-3-5-11-19/h3-15,17-18,24-27H,16H2,1-2H3. The summed E-state index contributed by atoms with van der Waals surface area (Å²) in [6.07, 6.45) is 0. The molecule has 1 saturated carbocycles. The third-order valence-electron chi connectivity index (χ3n) is 6.86. The van der Waals surface area contributed by atoms with Gasteiger partial charge in [-0.2, -0.15) is 0 Å². The summed E-state index contributed by atoms with van der Waals surface area (Å²) in [6.45, 7) is 5.80. The van der Waals surface area contributed by atoms with Crippen molar-refractivity contribution in [3.8, 4) is 0 Å². The van der Waals surface area contributed by atoms with Crippen molar-refractivity contribution in [2.45, 2.75) is 42.4 Å². The zero-order valence-electron chi connectivity index (χ0n) is 16.5. The lowest BCUT2D eigenvalue weighted by atomic mass is 9.85. The molecule has 0 spiro atoms. The van der Waals surface area contributed by atoms with E-state index < -0.39 is 0 Å². The summed E-state index contributed by atoms with van der Waals surface area (Å²) >= 11 is 2.11. The summed E-state index contributed by atoms with van der Waals surface area (Å²) < 4.78 is 0. The van der Waals surface area contributed by atoms with Crippen molar-refractivity contribution >= 4 is 17.4 Å². The van der Waals surface area contributed by atoms with Crippen LogP contribution in [0.5, 0.6) is 0 Å². The third kappa shape index (κ3) is 2.95. The molecule has 0 amide bonds. The molecule has 1 fully saturated rings. The summed E-state index contributed by atoms with van der Waals surface area (Å²) in [5.41, 5.74) is 5.69. The Bertz CT molecular complexity index is 967. The maximum Gasteiger partial charge on any atom is 0.0400 e. The lowest BCUT2D eigenvalue weighted by molar-refractivity contribution is 0.401. The van der Waals surface area contributed by atoms with Crippen molar-refractivity contribution in [3.63, 3.8) is 0 Å². The van der Waals surface area contributed by atoms with E-state index in [1.807, 2.05) is 0 Å². The molecule has 2 aliphatic rings. The molecule has 28 heavy (non-hydrogen) atoms. The van der Waals surface area contributed by atoms with E-state index in [2.05, 4.69) is 110 Å². The smallest absolute Gasteiger partial charge is 0.0400 e. The van der Waals surface area contributed by atoms with Crippen LogP contribution in [0.4, 0.5) is 5.69 Å². The fraction of sp³-hybridized carbons (Fsp3) is 0.308. The van der Waals surface area contributed by atoms with Crippen LogP contribution in [0.2, 0.25) is 0 Å². The molecule has 0 saturated heterocycles. The van der Waals surface area contributed by atoms with Crippen molar-refractivity contribution in [2.24, 2.45) is 11.8 Å². The highest BCUT2D eigenvalue weighted by Crippen LogP contribution is 2.63. The summed E-state index contributed by atoms with van der Waals surface area (Å²) in [5, 5.41) is 4.37. The van der Waals surface area contributed by atoms with Crippen LogP contribution in [0.25, 0.3) is 0 Å². The Morgan fingerprint density at radius 1 is 0.714 bits per heavy atom. The Morgan fingerprint density at radius 2 is 1.32 bits per heavy atom. The Labute approximate surface area is 172 Å². The van der Waals surface area contributed by atoms with Crippen LogP contribution in [-0.4, -0.2) is 5.25 Å². The quantitative estimate of drug-likeness (QED) is 0.523. The van der Waals surface area contributed by atoms with Gasteiger partial charge in [-0.3, -0.25) is 0 Å². The van der Waals surface area contributed by atoms with E-state index in [-0.39, 0.29) is 0 Å². The molecule has 142 valence electrons. The summed E-state index contributed by atoms with van der Waals surface area (Å²) in [6, 6.07) is 28.7. The van der Waals surface area contributed by atoms with E-state index in [4.69, 9.17) is 0 Å². The van der Waals surface area contributed by atoms with Crippen molar-refractivity contribution in [3.05, 3.63) is 95.6 Å². The van der Waals surface area contributed by atoms with Gasteiger partial charge in [-0.05, 0) is 40.7 Å². The van der Waals surface area contributed by atoms with Crippen LogP contribution >= 0.6 is 11.8 Å². The lowest BCUT2D eigenvalue weighted by Gasteiger charge is -2.25. The van der Waals surface area contributed by atoms with Gasteiger partial charge >= 0.3 is 0 Å². The van der Waals surface area contributed by atoms with Crippen LogP contribution in [0.1, 0.15) is 42.4 Å². The number of rotatable bonds is 4. The van der Waals surface area contributed by atoms with Crippen LogP contribution in [0, 0.1) is 11.8 Å². The Balaban J connectivity index is 1.47. The molecule has 1 nitrogen and oxygen atoms in total. The summed E-state index contributed by atoms with van der Waals surface area (Å²) in [5.74, 6) is 2.63. The normalized spacial score (nSPS) is 28.0. The van der Waals surface area contributed by atoms with E-state index in [0.717, 1.165) is 6.54 Å². The number of fused-ring (bicyclic) bond motifs is 3. The first-order valence-corrected chi connectivity index (χ1v) is 11.2. The number of anilines is 1. The zero-order chi connectivity index (χ0) is 19.1. The molecular weight excluding hydrogens is 358 g/mol. The zero-order valence-corrected chi connectivity index (χ0v) is 17.3. The SMILES string of the molecule is CC1C(C)C2c3ccccc3SC2C1c1ccccc1NCc1ccccc1. The first-order chi connectivity index (χ1) is 13.7. The summed E-state index contributed by atoms with van der Waals surface area (Å²) in [4.78, 5) is 1.50. The molecule has 1 aliphatic carbocycles. The van der Waals surface area contributed by atoms with Crippen LogP contribution in [-0.2, 0) is 6.54 Å². The van der Waals surface area contributed by atoms with Gasteiger partial charge in [-0.15, -0.1) is 11.8 Å². The molecule has 0 aromatic heterocycles. The average molecular weight is 386 g/mol. The first kappa shape index (κ1) is 17.9. The highest BCUT2D eigenvalue weighted by molar-refractivity contribution is 8.00. The van der Waals surface area contributed by atoms with E-state index in [9.17, 15) is 0 Å². The minimum absolute atomic E-state index is 0.580. The molecule has 5 atom stereocenters. The highest BCUT2D eigenvalue weighted by atomic mass is 32.2. The Morgan fingerprint density at radius 3 is 2.11 bits per heavy atom. The van der Waals surface area contributed by atoms with Gasteiger partial charge < -0.3 is 5.32 Å². The molecule has 3 aromatic rings. The largest absolute Gasteiger partial charge is 0.381 e. The van der Waals surface area contributed by atoms with Gasteiger partial charge in [-0.25, -0.2) is 0 Å². The van der Waals surface area contributed by atoms with Gasteiger partial charge in [0.05, 0.1) is 0 Å². The second kappa shape index (κ2) is 7.33. The molecule has 3 aromatic carbocycles. The van der Waals surface area contributed by atoms with E-state index in [0.29, 0.717) is 28.9 Å². The fourth-order valence-corrected chi connectivity index (χ4v) is 7.17. The maximum absolute atomic E-state index is 3.73. The Kier molecular flexibility index (Phi) is 4.68. The van der Waals surface area contributed by atoms with Gasteiger partial charge in [0.15, 0.2) is 0 Å². The predicted molar refractivity (Wildman–Crippen MR) is 120 cm³/mol. The second-order valence-electron chi connectivity index (χ2n) is 8.32. The van der Waals surface area contributed by atoms with E-state index in [1.54, 1.807) is 5.56 Å². The molecule has 5 rings (SSSR count). The molecule has 0 bridgehead atoms. The topological polar surface area (TPSA) is 12.0 Å². The minimum Gasteiger partial charge on any atom is -0.381 e. The predicted octanol–water partition coefficient (Wildman–Crippen LogP) is 6.93. The van der Waals surface area contributed by atoms with Crippen LogP contribution in [0.3, 0.4) is 0 Å². The average Bonchev–Trinajstić information content (AvgIpc) is 3.22. The monoisotopic (exact) mass is 385 g/mol. The highest BCUT2D eigenvalue weighted by Gasteiger charge is 2.52.